The molecule has 0 radical (unpaired) electrons. The summed E-state index contributed by atoms with van der Waals surface area (Å²) in [6.07, 6.45) is 0.692. The van der Waals surface area contributed by atoms with E-state index in [1.54, 1.807) is 6.07 Å². The largest absolute Gasteiger partial charge is 0.465 e. The van der Waals surface area contributed by atoms with Crippen molar-refractivity contribution in [2.75, 3.05) is 6.54 Å². The maximum atomic E-state index is 13.4. The molecule has 2 rings (SSSR count). The molecule has 0 amide bonds. The second-order valence-electron chi connectivity index (χ2n) is 4.54. The van der Waals surface area contributed by atoms with Gasteiger partial charge < -0.3 is 9.73 Å². The van der Waals surface area contributed by atoms with Gasteiger partial charge in [0.2, 0.25) is 0 Å². The third kappa shape index (κ3) is 3.91. The first-order chi connectivity index (χ1) is 9.08. The maximum Gasteiger partial charge on any atom is 0.124 e. The van der Waals surface area contributed by atoms with E-state index in [0.717, 1.165) is 28.1 Å². The zero-order valence-corrected chi connectivity index (χ0v) is 12.6. The van der Waals surface area contributed by atoms with Crippen LogP contribution in [-0.2, 0) is 6.42 Å². The molecule has 2 nitrogen and oxygen atoms in total. The number of halogens is 2. The Hall–Kier alpha value is -1.13. The van der Waals surface area contributed by atoms with Gasteiger partial charge in [-0.05, 0) is 55.8 Å². The minimum Gasteiger partial charge on any atom is -0.465 e. The normalized spacial score (nSPS) is 12.6. The van der Waals surface area contributed by atoms with E-state index in [9.17, 15) is 4.39 Å². The highest BCUT2D eigenvalue weighted by Crippen LogP contribution is 2.23. The van der Waals surface area contributed by atoms with Crippen molar-refractivity contribution >= 4 is 15.9 Å². The van der Waals surface area contributed by atoms with Crippen LogP contribution in [0, 0.1) is 12.7 Å². The molecule has 1 unspecified atom stereocenters. The lowest BCUT2D eigenvalue weighted by molar-refractivity contribution is 0.403. The summed E-state index contributed by atoms with van der Waals surface area (Å²) in [4.78, 5) is 0. The van der Waals surface area contributed by atoms with Crippen LogP contribution in [0.3, 0.4) is 0 Å². The fourth-order valence-electron chi connectivity index (χ4n) is 2.12. The Morgan fingerprint density at radius 3 is 2.68 bits per heavy atom. The van der Waals surface area contributed by atoms with Gasteiger partial charge in [0.05, 0.1) is 6.04 Å². The van der Waals surface area contributed by atoms with Crippen molar-refractivity contribution in [3.8, 4) is 0 Å². The Kier molecular flexibility index (Phi) is 4.77. The molecule has 1 aromatic heterocycles. The molecule has 4 heteroatoms. The van der Waals surface area contributed by atoms with Crippen molar-refractivity contribution in [1.29, 1.82) is 0 Å². The van der Waals surface area contributed by atoms with Crippen molar-refractivity contribution in [2.24, 2.45) is 0 Å². The van der Waals surface area contributed by atoms with Gasteiger partial charge in [0.25, 0.3) is 0 Å². The molecule has 0 fully saturated rings. The number of furan rings is 1. The summed E-state index contributed by atoms with van der Waals surface area (Å²) >= 11 is 3.32. The molecule has 0 aliphatic rings. The summed E-state index contributed by atoms with van der Waals surface area (Å²) in [5.74, 6) is 1.55. The van der Waals surface area contributed by atoms with Crippen LogP contribution >= 0.6 is 15.9 Å². The van der Waals surface area contributed by atoms with E-state index in [1.807, 2.05) is 32.0 Å². The number of rotatable bonds is 5. The van der Waals surface area contributed by atoms with Crippen LogP contribution in [0.5, 0.6) is 0 Å². The van der Waals surface area contributed by atoms with Crippen LogP contribution in [-0.4, -0.2) is 6.54 Å². The molecule has 102 valence electrons. The summed E-state index contributed by atoms with van der Waals surface area (Å²) in [5, 5.41) is 3.37. The first kappa shape index (κ1) is 14.3. The zero-order chi connectivity index (χ0) is 13.8. The Balaban J connectivity index is 2.20. The lowest BCUT2D eigenvalue weighted by Crippen LogP contribution is -2.22. The average Bonchev–Trinajstić information content (AvgIpc) is 2.74. The van der Waals surface area contributed by atoms with Gasteiger partial charge >= 0.3 is 0 Å². The molecule has 0 aliphatic heterocycles. The fourth-order valence-corrected chi connectivity index (χ4v) is 2.64. The van der Waals surface area contributed by atoms with Gasteiger partial charge in [0.15, 0.2) is 0 Å². The smallest absolute Gasteiger partial charge is 0.124 e. The van der Waals surface area contributed by atoms with E-state index in [-0.39, 0.29) is 11.9 Å². The highest BCUT2D eigenvalue weighted by atomic mass is 79.9. The monoisotopic (exact) mass is 325 g/mol. The lowest BCUT2D eigenvalue weighted by Gasteiger charge is -2.16. The van der Waals surface area contributed by atoms with Gasteiger partial charge in [0.1, 0.15) is 17.3 Å². The van der Waals surface area contributed by atoms with Crippen molar-refractivity contribution in [3.05, 3.63) is 57.7 Å². The predicted octanol–water partition coefficient (Wildman–Crippen LogP) is 4.38. The number of likely N-dealkylation sites (N-methyl/N-ethyl adjacent to an activating group) is 1. The van der Waals surface area contributed by atoms with Gasteiger partial charge in [-0.1, -0.05) is 22.9 Å². The predicted molar refractivity (Wildman–Crippen MR) is 77.7 cm³/mol. The number of benzene rings is 1. The molecule has 1 atom stereocenters. The van der Waals surface area contributed by atoms with Crippen molar-refractivity contribution < 1.29 is 8.81 Å². The molecular weight excluding hydrogens is 309 g/mol. The molecule has 2 aromatic rings. The van der Waals surface area contributed by atoms with Crippen LogP contribution in [0.25, 0.3) is 0 Å². The van der Waals surface area contributed by atoms with E-state index in [0.29, 0.717) is 6.42 Å². The Morgan fingerprint density at radius 1 is 1.32 bits per heavy atom. The van der Waals surface area contributed by atoms with E-state index in [4.69, 9.17) is 4.42 Å². The van der Waals surface area contributed by atoms with Gasteiger partial charge in [-0.2, -0.15) is 0 Å². The topological polar surface area (TPSA) is 25.2 Å². The first-order valence-electron chi connectivity index (χ1n) is 6.33. The van der Waals surface area contributed by atoms with E-state index in [1.165, 1.54) is 6.07 Å². The number of nitrogens with one attached hydrogen (secondary N) is 1. The Morgan fingerprint density at radius 2 is 2.11 bits per heavy atom. The Labute approximate surface area is 121 Å². The second kappa shape index (κ2) is 6.35. The SMILES string of the molecule is CCNC(Cc1cc(F)cc(Br)c1)c1ccc(C)o1. The molecule has 19 heavy (non-hydrogen) atoms. The minimum absolute atomic E-state index is 0.0624. The van der Waals surface area contributed by atoms with Crippen LogP contribution in [0.1, 0.15) is 30.0 Å². The quantitative estimate of drug-likeness (QED) is 0.882. The number of hydrogen-bond acceptors (Lipinski definition) is 2. The third-order valence-electron chi connectivity index (χ3n) is 2.92. The molecule has 0 saturated heterocycles. The van der Waals surface area contributed by atoms with Crippen molar-refractivity contribution in [2.45, 2.75) is 26.3 Å². The second-order valence-corrected chi connectivity index (χ2v) is 5.46. The van der Waals surface area contributed by atoms with Crippen LogP contribution in [0.2, 0.25) is 0 Å². The van der Waals surface area contributed by atoms with Crippen molar-refractivity contribution in [3.63, 3.8) is 0 Å². The van der Waals surface area contributed by atoms with Crippen LogP contribution in [0.4, 0.5) is 4.39 Å². The summed E-state index contributed by atoms with van der Waals surface area (Å²) < 4.78 is 19.8. The van der Waals surface area contributed by atoms with E-state index >= 15 is 0 Å². The molecule has 0 saturated carbocycles. The lowest BCUT2D eigenvalue weighted by atomic mass is 10.0. The summed E-state index contributed by atoms with van der Waals surface area (Å²) in [6.45, 7) is 4.80. The average molecular weight is 326 g/mol. The summed E-state index contributed by atoms with van der Waals surface area (Å²) in [5.41, 5.74) is 0.937. The third-order valence-corrected chi connectivity index (χ3v) is 3.38. The van der Waals surface area contributed by atoms with Crippen LogP contribution in [0.15, 0.2) is 39.2 Å². The molecule has 0 spiro atoms. The Bertz CT molecular complexity index is 533. The fraction of sp³-hybridized carbons (Fsp3) is 0.333. The molecular formula is C15H17BrFNO. The standard InChI is InChI=1S/C15H17BrFNO/c1-3-18-14(15-5-4-10(2)19-15)8-11-6-12(16)9-13(17)7-11/h4-7,9,14,18H,3,8H2,1-2H3. The molecule has 0 bridgehead atoms. The van der Waals surface area contributed by atoms with Gasteiger partial charge in [0, 0.05) is 4.47 Å². The summed E-state index contributed by atoms with van der Waals surface area (Å²) in [6, 6.07) is 8.93. The minimum atomic E-state index is -0.227. The molecule has 1 heterocycles. The van der Waals surface area contributed by atoms with Crippen LogP contribution < -0.4 is 5.32 Å². The van der Waals surface area contributed by atoms with E-state index < -0.39 is 0 Å². The molecule has 1 aromatic carbocycles. The zero-order valence-electron chi connectivity index (χ0n) is 11.0. The molecule has 0 aliphatic carbocycles. The highest BCUT2D eigenvalue weighted by Gasteiger charge is 2.15. The number of aryl methyl sites for hydroxylation is 1. The van der Waals surface area contributed by atoms with E-state index in [2.05, 4.69) is 21.2 Å². The highest BCUT2D eigenvalue weighted by molar-refractivity contribution is 9.10. The van der Waals surface area contributed by atoms with Gasteiger partial charge in [-0.25, -0.2) is 4.39 Å². The maximum absolute atomic E-state index is 13.4. The number of hydrogen-bond donors (Lipinski definition) is 1. The van der Waals surface area contributed by atoms with Gasteiger partial charge in [-0.15, -0.1) is 0 Å². The van der Waals surface area contributed by atoms with Gasteiger partial charge in [-0.3, -0.25) is 0 Å². The van der Waals surface area contributed by atoms with Crippen molar-refractivity contribution in [1.82, 2.24) is 5.32 Å². The molecule has 1 N–H and O–H groups in total. The summed E-state index contributed by atoms with van der Waals surface area (Å²) in [7, 11) is 0. The first-order valence-corrected chi connectivity index (χ1v) is 7.12.